The second-order valence-electron chi connectivity index (χ2n) is 9.44. The maximum Gasteiger partial charge on any atom is 0.263 e. The Morgan fingerprint density at radius 2 is 1.68 bits per heavy atom. The van der Waals surface area contributed by atoms with E-state index in [-0.39, 0.29) is 18.0 Å². The smallest absolute Gasteiger partial charge is 0.263 e. The monoisotopic (exact) mass is 523 g/mol. The maximum atomic E-state index is 13.4. The van der Waals surface area contributed by atoms with Gasteiger partial charge in [0, 0.05) is 31.0 Å². The molecule has 0 unspecified atom stereocenters. The molecule has 0 spiro atoms. The maximum absolute atomic E-state index is 13.4. The molecule has 0 radical (unpaired) electrons. The number of aryl methyl sites for hydroxylation is 1. The van der Waals surface area contributed by atoms with Crippen molar-refractivity contribution in [1.82, 2.24) is 24.1 Å². The molecule has 0 atom stereocenters. The fourth-order valence-electron chi connectivity index (χ4n) is 5.10. The summed E-state index contributed by atoms with van der Waals surface area (Å²) in [6, 6.07) is 25.2. The van der Waals surface area contributed by atoms with Gasteiger partial charge >= 0.3 is 0 Å². The number of carbonyl (C=O) groups excluding carboxylic acids is 1. The summed E-state index contributed by atoms with van der Waals surface area (Å²) in [5.41, 5.74) is 3.88. The van der Waals surface area contributed by atoms with Crippen molar-refractivity contribution < 1.29 is 4.79 Å². The van der Waals surface area contributed by atoms with Crippen molar-refractivity contribution in [1.29, 1.82) is 0 Å². The van der Waals surface area contributed by atoms with E-state index in [2.05, 4.69) is 28.4 Å². The van der Waals surface area contributed by atoms with Crippen LogP contribution in [-0.4, -0.2) is 43.1 Å². The third-order valence-electron chi connectivity index (χ3n) is 7.13. The lowest BCUT2D eigenvalue weighted by atomic mass is 9.99. The van der Waals surface area contributed by atoms with Crippen LogP contribution in [0.25, 0.3) is 22.3 Å². The molecule has 0 saturated heterocycles. The Kier molecular flexibility index (Phi) is 6.52. The van der Waals surface area contributed by atoms with E-state index in [1.54, 1.807) is 16.7 Å². The van der Waals surface area contributed by atoms with Gasteiger partial charge < -0.3 is 4.90 Å². The number of aromatic nitrogens is 4. The first-order chi connectivity index (χ1) is 18.6. The van der Waals surface area contributed by atoms with E-state index in [4.69, 9.17) is 11.6 Å². The molecule has 5 aromatic rings. The van der Waals surface area contributed by atoms with Crippen molar-refractivity contribution in [2.24, 2.45) is 0 Å². The lowest BCUT2D eigenvalue weighted by Gasteiger charge is -2.26. The zero-order chi connectivity index (χ0) is 26.1. The molecule has 0 bridgehead atoms. The Hall–Kier alpha value is -4.23. The van der Waals surface area contributed by atoms with Gasteiger partial charge in [-0.05, 0) is 41.3 Å². The Labute approximate surface area is 224 Å². The predicted octanol–water partition coefficient (Wildman–Crippen LogP) is 4.99. The number of hydrogen-bond donors (Lipinski definition) is 0. The fourth-order valence-corrected chi connectivity index (χ4v) is 5.30. The highest BCUT2D eigenvalue weighted by atomic mass is 35.5. The third-order valence-corrected chi connectivity index (χ3v) is 7.50. The largest absolute Gasteiger partial charge is 0.339 e. The summed E-state index contributed by atoms with van der Waals surface area (Å²) in [6.45, 7) is 1.57. The quantitative estimate of drug-likeness (QED) is 0.314. The van der Waals surface area contributed by atoms with Crippen LogP contribution in [-0.2, 0) is 17.8 Å². The number of carbonyl (C=O) groups is 1. The highest BCUT2D eigenvalue weighted by molar-refractivity contribution is 6.31. The molecule has 1 aliphatic rings. The van der Waals surface area contributed by atoms with Crippen molar-refractivity contribution in [2.75, 3.05) is 13.1 Å². The number of halogens is 1. The second kappa shape index (κ2) is 10.3. The van der Waals surface area contributed by atoms with Crippen molar-refractivity contribution >= 4 is 39.8 Å². The van der Waals surface area contributed by atoms with Crippen LogP contribution < -0.4 is 5.56 Å². The van der Waals surface area contributed by atoms with Gasteiger partial charge in [0.1, 0.15) is 5.82 Å². The number of fused-ring (bicyclic) bond motifs is 3. The van der Waals surface area contributed by atoms with Crippen molar-refractivity contribution in [3.05, 3.63) is 117 Å². The van der Waals surface area contributed by atoms with E-state index in [1.807, 2.05) is 63.9 Å². The fraction of sp³-hybridized carbons (Fsp3) is 0.200. The first-order valence-electron chi connectivity index (χ1n) is 12.7. The van der Waals surface area contributed by atoms with Gasteiger partial charge in [-0.3, -0.25) is 18.6 Å². The summed E-state index contributed by atoms with van der Waals surface area (Å²) in [5.74, 6) is 1.17. The van der Waals surface area contributed by atoms with Crippen molar-refractivity contribution in [3.63, 3.8) is 0 Å². The van der Waals surface area contributed by atoms with Crippen LogP contribution in [0.5, 0.6) is 0 Å². The molecule has 6 rings (SSSR count). The number of nitrogens with zero attached hydrogens (tertiary/aromatic N) is 5. The highest BCUT2D eigenvalue weighted by Gasteiger charge is 2.21. The SMILES string of the molecule is O=C(CCc1nnc2n(Cc3ccccc3Cl)c(=O)c3ccccc3n12)N1CC=C(c2ccccc2)CC1. The van der Waals surface area contributed by atoms with Gasteiger partial charge in [0.15, 0.2) is 0 Å². The Morgan fingerprint density at radius 1 is 0.921 bits per heavy atom. The van der Waals surface area contributed by atoms with Gasteiger partial charge in [0.2, 0.25) is 11.7 Å². The standard InChI is InChI=1S/C30H26ClN5O2/c31-25-12-6-4-10-23(25)20-35-29(38)24-11-5-7-13-26(24)36-27(32-33-30(35)36)14-15-28(37)34-18-16-22(17-19-34)21-8-2-1-3-9-21/h1-13,16H,14-15,17-20H2. The molecule has 3 aromatic carbocycles. The number of amides is 1. The summed E-state index contributed by atoms with van der Waals surface area (Å²) in [7, 11) is 0. The van der Waals surface area contributed by atoms with Gasteiger partial charge in [0.05, 0.1) is 17.4 Å². The average Bonchev–Trinajstić information content (AvgIpc) is 3.39. The van der Waals surface area contributed by atoms with Gasteiger partial charge in [0.25, 0.3) is 5.56 Å². The average molecular weight is 524 g/mol. The van der Waals surface area contributed by atoms with Gasteiger partial charge in [-0.1, -0.05) is 78.3 Å². The number of para-hydroxylation sites is 1. The molecule has 38 heavy (non-hydrogen) atoms. The molecule has 1 amide bonds. The zero-order valence-corrected chi connectivity index (χ0v) is 21.5. The molecule has 1 aliphatic heterocycles. The molecule has 0 fully saturated rings. The van der Waals surface area contributed by atoms with Crippen LogP contribution >= 0.6 is 11.6 Å². The minimum atomic E-state index is -0.155. The molecule has 190 valence electrons. The van der Waals surface area contributed by atoms with E-state index >= 15 is 0 Å². The lowest BCUT2D eigenvalue weighted by molar-refractivity contribution is -0.130. The van der Waals surface area contributed by atoms with Gasteiger partial charge in [-0.15, -0.1) is 10.2 Å². The van der Waals surface area contributed by atoms with Crippen LogP contribution in [0, 0.1) is 0 Å². The minimum Gasteiger partial charge on any atom is -0.339 e. The van der Waals surface area contributed by atoms with E-state index in [9.17, 15) is 9.59 Å². The van der Waals surface area contributed by atoms with Crippen LogP contribution in [0.4, 0.5) is 0 Å². The van der Waals surface area contributed by atoms with Crippen molar-refractivity contribution in [2.45, 2.75) is 25.8 Å². The van der Waals surface area contributed by atoms with Crippen LogP contribution in [0.1, 0.15) is 29.8 Å². The van der Waals surface area contributed by atoms with Crippen LogP contribution in [0.15, 0.2) is 89.7 Å². The summed E-state index contributed by atoms with van der Waals surface area (Å²) >= 11 is 6.40. The lowest BCUT2D eigenvalue weighted by Crippen LogP contribution is -2.34. The number of rotatable bonds is 6. The molecule has 7 nitrogen and oxygen atoms in total. The van der Waals surface area contributed by atoms with Crippen LogP contribution in [0.3, 0.4) is 0 Å². The van der Waals surface area contributed by atoms with E-state index in [1.165, 1.54) is 11.1 Å². The first-order valence-corrected chi connectivity index (χ1v) is 13.1. The van der Waals surface area contributed by atoms with E-state index in [0.717, 1.165) is 17.5 Å². The molecule has 0 aliphatic carbocycles. The predicted molar refractivity (Wildman–Crippen MR) is 149 cm³/mol. The molecule has 0 saturated carbocycles. The Bertz CT molecular complexity index is 1740. The Balaban J connectivity index is 1.27. The van der Waals surface area contributed by atoms with Gasteiger partial charge in [-0.25, -0.2) is 0 Å². The number of hydrogen-bond acceptors (Lipinski definition) is 4. The van der Waals surface area contributed by atoms with E-state index in [0.29, 0.717) is 47.9 Å². The molecule has 0 N–H and O–H groups in total. The second-order valence-corrected chi connectivity index (χ2v) is 9.84. The molecular weight excluding hydrogens is 498 g/mol. The summed E-state index contributed by atoms with van der Waals surface area (Å²) in [6.07, 6.45) is 3.71. The molecular formula is C30H26ClN5O2. The van der Waals surface area contributed by atoms with Crippen LogP contribution in [0.2, 0.25) is 5.02 Å². The molecule has 2 aromatic heterocycles. The third kappa shape index (κ3) is 4.50. The summed E-state index contributed by atoms with van der Waals surface area (Å²) in [5, 5.41) is 9.95. The Morgan fingerprint density at radius 3 is 2.47 bits per heavy atom. The zero-order valence-electron chi connectivity index (χ0n) is 20.8. The summed E-state index contributed by atoms with van der Waals surface area (Å²) < 4.78 is 3.49. The molecule has 8 heteroatoms. The van der Waals surface area contributed by atoms with Gasteiger partial charge in [-0.2, -0.15) is 0 Å². The summed E-state index contributed by atoms with van der Waals surface area (Å²) in [4.78, 5) is 28.4. The van der Waals surface area contributed by atoms with E-state index < -0.39 is 0 Å². The minimum absolute atomic E-state index is 0.0822. The number of benzene rings is 3. The normalized spacial score (nSPS) is 13.7. The highest BCUT2D eigenvalue weighted by Crippen LogP contribution is 2.23. The first kappa shape index (κ1) is 24.1. The topological polar surface area (TPSA) is 72.5 Å². The molecule has 3 heterocycles. The van der Waals surface area contributed by atoms with Crippen molar-refractivity contribution in [3.8, 4) is 0 Å².